The number of rotatable bonds is 1. The summed E-state index contributed by atoms with van der Waals surface area (Å²) in [5.41, 5.74) is 6.27. The van der Waals surface area contributed by atoms with Gasteiger partial charge in [0.2, 0.25) is 0 Å². The van der Waals surface area contributed by atoms with E-state index >= 15 is 0 Å². The van der Waals surface area contributed by atoms with Crippen molar-refractivity contribution in [1.82, 2.24) is 19.6 Å². The number of nitrogens with two attached hydrogens (primary N) is 1. The van der Waals surface area contributed by atoms with Crippen molar-refractivity contribution in [3.8, 4) is 11.3 Å². The molecule has 21 heavy (non-hydrogen) atoms. The zero-order chi connectivity index (χ0) is 15.2. The van der Waals surface area contributed by atoms with Gasteiger partial charge in [0.1, 0.15) is 5.69 Å². The van der Waals surface area contributed by atoms with E-state index in [-0.39, 0.29) is 22.3 Å². The summed E-state index contributed by atoms with van der Waals surface area (Å²) in [6, 6.07) is 8.57. The van der Waals surface area contributed by atoms with Gasteiger partial charge in [0.05, 0.1) is 0 Å². The van der Waals surface area contributed by atoms with Crippen LogP contribution in [0.2, 0.25) is 5.15 Å². The molecule has 0 bridgehead atoms. The number of fused-ring (bicyclic) bond motifs is 1. The molecule has 0 atom stereocenters. The lowest BCUT2D eigenvalue weighted by Gasteiger charge is -2.05. The summed E-state index contributed by atoms with van der Waals surface area (Å²) >= 11 is 5.85. The smallest absolute Gasteiger partial charge is 0.381 e. The Kier molecular flexibility index (Phi) is 2.98. The zero-order valence-electron chi connectivity index (χ0n) is 10.3. The summed E-state index contributed by atoms with van der Waals surface area (Å²) in [5.74, 6) is -1.42. The maximum absolute atomic E-state index is 12.8. The van der Waals surface area contributed by atoms with Gasteiger partial charge in [-0.1, -0.05) is 41.9 Å². The number of halogens is 4. The van der Waals surface area contributed by atoms with E-state index in [9.17, 15) is 13.2 Å². The molecule has 0 unspecified atom stereocenters. The molecule has 0 aliphatic rings. The highest BCUT2D eigenvalue weighted by Gasteiger charge is 2.37. The second kappa shape index (κ2) is 4.59. The number of hydrogen-bond donors (Lipinski definition) is 1. The normalized spacial score (nSPS) is 12.0. The first-order valence-corrected chi connectivity index (χ1v) is 6.10. The minimum Gasteiger partial charge on any atom is -0.381 e. The number of alkyl halides is 3. The van der Waals surface area contributed by atoms with E-state index in [1.54, 1.807) is 30.3 Å². The second-order valence-electron chi connectivity index (χ2n) is 4.17. The molecule has 1 aromatic carbocycles. The third kappa shape index (κ3) is 2.27. The average molecular weight is 314 g/mol. The van der Waals surface area contributed by atoms with Crippen molar-refractivity contribution in [3.05, 3.63) is 41.3 Å². The molecule has 0 spiro atoms. The van der Waals surface area contributed by atoms with Crippen LogP contribution in [0.1, 0.15) is 5.82 Å². The largest absolute Gasteiger partial charge is 0.453 e. The third-order valence-electron chi connectivity index (χ3n) is 2.75. The molecular weight excluding hydrogens is 307 g/mol. The van der Waals surface area contributed by atoms with E-state index in [2.05, 4.69) is 15.1 Å². The van der Waals surface area contributed by atoms with Crippen molar-refractivity contribution < 1.29 is 13.2 Å². The Balaban J connectivity index is 2.35. The molecule has 0 aliphatic carbocycles. The molecular formula is C12H7ClF3N5. The molecule has 0 saturated heterocycles. The summed E-state index contributed by atoms with van der Waals surface area (Å²) < 4.78 is 39.1. The molecule has 108 valence electrons. The Hall–Kier alpha value is -2.35. The maximum atomic E-state index is 12.8. The van der Waals surface area contributed by atoms with Crippen molar-refractivity contribution in [2.75, 3.05) is 5.73 Å². The van der Waals surface area contributed by atoms with Crippen molar-refractivity contribution in [2.45, 2.75) is 6.18 Å². The van der Waals surface area contributed by atoms with Crippen LogP contribution < -0.4 is 5.73 Å². The highest BCUT2D eigenvalue weighted by molar-refractivity contribution is 6.32. The summed E-state index contributed by atoms with van der Waals surface area (Å²) in [7, 11) is 0. The lowest BCUT2D eigenvalue weighted by Crippen LogP contribution is -2.07. The Bertz CT molecular complexity index is 813. The van der Waals surface area contributed by atoms with Crippen LogP contribution in [0.3, 0.4) is 0 Å². The first-order chi connectivity index (χ1) is 9.88. The fourth-order valence-corrected chi connectivity index (χ4v) is 2.00. The van der Waals surface area contributed by atoms with E-state index in [0.717, 1.165) is 4.52 Å². The molecule has 2 N–H and O–H groups in total. The van der Waals surface area contributed by atoms with Gasteiger partial charge >= 0.3 is 6.18 Å². The number of anilines is 1. The van der Waals surface area contributed by atoms with Crippen LogP contribution in [-0.4, -0.2) is 19.6 Å². The molecule has 2 aromatic heterocycles. The Morgan fingerprint density at radius 1 is 1.10 bits per heavy atom. The zero-order valence-corrected chi connectivity index (χ0v) is 11.0. The molecule has 0 amide bonds. The Labute approximate surface area is 121 Å². The van der Waals surface area contributed by atoms with Crippen LogP contribution in [0.4, 0.5) is 19.0 Å². The number of hydrogen-bond acceptors (Lipinski definition) is 4. The van der Waals surface area contributed by atoms with E-state index in [1.165, 1.54) is 0 Å². The van der Waals surface area contributed by atoms with E-state index in [1.807, 2.05) is 0 Å². The molecule has 5 nitrogen and oxygen atoms in total. The summed E-state index contributed by atoms with van der Waals surface area (Å²) in [4.78, 5) is 7.51. The van der Waals surface area contributed by atoms with Gasteiger partial charge in [-0.15, -0.1) is 5.10 Å². The van der Waals surface area contributed by atoms with E-state index in [4.69, 9.17) is 17.3 Å². The predicted octanol–water partition coefficient (Wildman–Crippen LogP) is 3.05. The van der Waals surface area contributed by atoms with Gasteiger partial charge in [-0.05, 0) is 0 Å². The molecule has 0 saturated carbocycles. The summed E-state index contributed by atoms with van der Waals surface area (Å²) in [6.07, 6.45) is -4.68. The van der Waals surface area contributed by atoms with Crippen molar-refractivity contribution in [1.29, 1.82) is 0 Å². The van der Waals surface area contributed by atoms with Crippen LogP contribution in [0.25, 0.3) is 16.9 Å². The van der Waals surface area contributed by atoms with Crippen LogP contribution in [0.5, 0.6) is 0 Å². The monoisotopic (exact) mass is 313 g/mol. The topological polar surface area (TPSA) is 69.1 Å². The Morgan fingerprint density at radius 3 is 2.38 bits per heavy atom. The SMILES string of the molecule is Nc1nc(-c2ccccc2)c2nc(C(F)(F)F)nn2c1Cl. The molecule has 3 aromatic rings. The quantitative estimate of drug-likeness (QED) is 0.749. The molecule has 0 radical (unpaired) electrons. The van der Waals surface area contributed by atoms with Crippen molar-refractivity contribution >= 4 is 23.1 Å². The van der Waals surface area contributed by atoms with Gasteiger partial charge in [0.25, 0.3) is 5.82 Å². The second-order valence-corrected chi connectivity index (χ2v) is 4.53. The van der Waals surface area contributed by atoms with Crippen LogP contribution >= 0.6 is 11.6 Å². The van der Waals surface area contributed by atoms with Gasteiger partial charge in [0, 0.05) is 5.56 Å². The van der Waals surface area contributed by atoms with Gasteiger partial charge in [0.15, 0.2) is 16.6 Å². The minimum absolute atomic E-state index is 0.104. The lowest BCUT2D eigenvalue weighted by molar-refractivity contribution is -0.144. The van der Waals surface area contributed by atoms with E-state index in [0.29, 0.717) is 5.56 Å². The first kappa shape index (κ1) is 13.6. The Morgan fingerprint density at radius 2 is 1.76 bits per heavy atom. The van der Waals surface area contributed by atoms with Crippen molar-refractivity contribution in [3.63, 3.8) is 0 Å². The molecule has 9 heteroatoms. The van der Waals surface area contributed by atoms with E-state index < -0.39 is 12.0 Å². The minimum atomic E-state index is -4.68. The van der Waals surface area contributed by atoms with Crippen LogP contribution in [-0.2, 0) is 6.18 Å². The number of benzene rings is 1. The van der Waals surface area contributed by atoms with Gasteiger partial charge in [-0.25, -0.2) is 9.97 Å². The molecule has 0 aliphatic heterocycles. The summed E-state index contributed by atoms with van der Waals surface area (Å²) in [6.45, 7) is 0. The maximum Gasteiger partial charge on any atom is 0.453 e. The number of nitrogens with zero attached hydrogens (tertiary/aromatic N) is 4. The van der Waals surface area contributed by atoms with Gasteiger partial charge in [-0.3, -0.25) is 0 Å². The number of nitrogen functional groups attached to an aromatic ring is 1. The van der Waals surface area contributed by atoms with Gasteiger partial charge < -0.3 is 5.73 Å². The molecule has 0 fully saturated rings. The van der Waals surface area contributed by atoms with Crippen LogP contribution in [0.15, 0.2) is 30.3 Å². The lowest BCUT2D eigenvalue weighted by atomic mass is 10.1. The highest BCUT2D eigenvalue weighted by Crippen LogP contribution is 2.31. The number of aromatic nitrogens is 4. The molecule has 2 heterocycles. The fraction of sp³-hybridized carbons (Fsp3) is 0.0833. The van der Waals surface area contributed by atoms with Gasteiger partial charge in [-0.2, -0.15) is 17.7 Å². The fourth-order valence-electron chi connectivity index (χ4n) is 1.84. The summed E-state index contributed by atoms with van der Waals surface area (Å²) in [5, 5.41) is 3.14. The standard InChI is InChI=1S/C12H7ClF3N5/c13-8-9(17)18-7(6-4-2-1-3-5-6)10-19-11(12(14,15)16)20-21(8)10/h1-5H,17H2. The highest BCUT2D eigenvalue weighted by atomic mass is 35.5. The predicted molar refractivity (Wildman–Crippen MR) is 70.6 cm³/mol. The first-order valence-electron chi connectivity index (χ1n) is 5.72. The van der Waals surface area contributed by atoms with Crippen LogP contribution in [0, 0.1) is 0 Å². The third-order valence-corrected chi connectivity index (χ3v) is 3.10. The average Bonchev–Trinajstić information content (AvgIpc) is 2.89. The molecule has 3 rings (SSSR count). The van der Waals surface area contributed by atoms with Crippen molar-refractivity contribution in [2.24, 2.45) is 0 Å².